The van der Waals surface area contributed by atoms with Crippen LogP contribution >= 0.6 is 0 Å². The van der Waals surface area contributed by atoms with E-state index in [-0.39, 0.29) is 41.7 Å². The normalized spacial score (nSPS) is 30.3. The standard InChI is InChI=1S/C22H21NO4/c1-12-4-2-3-5-17(12)26-15-8-6-14(7-9-15)23-21(24)19-13-10-16-18(11-13)27-22(25)20(16)19/h2-9,13,16,18-20H,10-11H2,1H3,(H,23,24). The van der Waals surface area contributed by atoms with Crippen LogP contribution in [-0.4, -0.2) is 18.0 Å². The average Bonchev–Trinajstić information content (AvgIpc) is 3.27. The summed E-state index contributed by atoms with van der Waals surface area (Å²) >= 11 is 0. The monoisotopic (exact) mass is 363 g/mol. The zero-order valence-corrected chi connectivity index (χ0v) is 15.1. The maximum Gasteiger partial charge on any atom is 0.310 e. The van der Waals surface area contributed by atoms with E-state index in [4.69, 9.17) is 9.47 Å². The number of rotatable bonds is 4. The van der Waals surface area contributed by atoms with E-state index in [0.717, 1.165) is 24.2 Å². The Morgan fingerprint density at radius 2 is 1.89 bits per heavy atom. The van der Waals surface area contributed by atoms with E-state index in [1.54, 1.807) is 0 Å². The molecule has 5 nitrogen and oxygen atoms in total. The molecule has 3 fully saturated rings. The molecule has 5 heteroatoms. The zero-order chi connectivity index (χ0) is 18.5. The van der Waals surface area contributed by atoms with Crippen molar-refractivity contribution in [3.05, 3.63) is 54.1 Å². The van der Waals surface area contributed by atoms with Crippen LogP contribution in [0, 0.1) is 30.6 Å². The van der Waals surface area contributed by atoms with Crippen molar-refractivity contribution in [1.29, 1.82) is 0 Å². The Bertz CT molecular complexity index is 905. The van der Waals surface area contributed by atoms with E-state index in [1.165, 1.54) is 0 Å². The molecule has 138 valence electrons. The number of hydrogen-bond donors (Lipinski definition) is 1. The predicted molar refractivity (Wildman–Crippen MR) is 99.4 cm³/mol. The second-order valence-corrected chi connectivity index (χ2v) is 7.80. The van der Waals surface area contributed by atoms with Crippen molar-refractivity contribution in [2.24, 2.45) is 23.7 Å². The van der Waals surface area contributed by atoms with Crippen molar-refractivity contribution < 1.29 is 19.1 Å². The van der Waals surface area contributed by atoms with Gasteiger partial charge in [-0.15, -0.1) is 0 Å². The van der Waals surface area contributed by atoms with E-state index in [2.05, 4.69) is 5.32 Å². The third kappa shape index (κ3) is 2.69. The predicted octanol–water partition coefficient (Wildman–Crippen LogP) is 3.92. The molecule has 1 saturated heterocycles. The van der Waals surface area contributed by atoms with Crippen LogP contribution in [0.5, 0.6) is 11.5 Å². The van der Waals surface area contributed by atoms with E-state index < -0.39 is 0 Å². The minimum Gasteiger partial charge on any atom is -0.462 e. The first kappa shape index (κ1) is 16.4. The molecule has 5 rings (SSSR count). The van der Waals surface area contributed by atoms with Crippen LogP contribution < -0.4 is 10.1 Å². The Hall–Kier alpha value is -2.82. The number of carbonyl (C=O) groups excluding carboxylic acids is 2. The Kier molecular flexibility index (Phi) is 3.71. The van der Waals surface area contributed by atoms with Gasteiger partial charge in [-0.1, -0.05) is 18.2 Å². The van der Waals surface area contributed by atoms with Gasteiger partial charge in [-0.3, -0.25) is 9.59 Å². The van der Waals surface area contributed by atoms with Gasteiger partial charge in [-0.2, -0.15) is 0 Å². The molecule has 5 atom stereocenters. The van der Waals surface area contributed by atoms with Gasteiger partial charge >= 0.3 is 5.97 Å². The number of para-hydroxylation sites is 1. The molecule has 2 aliphatic carbocycles. The largest absolute Gasteiger partial charge is 0.462 e. The fourth-order valence-electron chi connectivity index (χ4n) is 4.99. The zero-order valence-electron chi connectivity index (χ0n) is 15.1. The summed E-state index contributed by atoms with van der Waals surface area (Å²) in [6, 6.07) is 15.2. The van der Waals surface area contributed by atoms with Crippen LogP contribution in [0.2, 0.25) is 0 Å². The van der Waals surface area contributed by atoms with Gasteiger partial charge in [0.25, 0.3) is 0 Å². The molecule has 3 aliphatic rings. The Labute approximate surface area is 157 Å². The SMILES string of the molecule is Cc1ccccc1Oc1ccc(NC(=O)C2C3CC4OC(=O)C2C4C3)cc1. The number of hydrogen-bond acceptors (Lipinski definition) is 4. The molecule has 1 aliphatic heterocycles. The maximum atomic E-state index is 12.8. The molecule has 0 spiro atoms. The van der Waals surface area contributed by atoms with Crippen molar-refractivity contribution >= 4 is 17.6 Å². The van der Waals surface area contributed by atoms with Gasteiger partial charge in [0.05, 0.1) is 11.8 Å². The van der Waals surface area contributed by atoms with Crippen LogP contribution in [-0.2, 0) is 14.3 Å². The molecule has 2 saturated carbocycles. The fourth-order valence-corrected chi connectivity index (χ4v) is 4.99. The lowest BCUT2D eigenvalue weighted by Gasteiger charge is -2.23. The lowest BCUT2D eigenvalue weighted by atomic mass is 9.79. The highest BCUT2D eigenvalue weighted by Crippen LogP contribution is 2.57. The lowest BCUT2D eigenvalue weighted by Crippen LogP contribution is -2.35. The van der Waals surface area contributed by atoms with Gasteiger partial charge in [0.1, 0.15) is 17.6 Å². The quantitative estimate of drug-likeness (QED) is 0.836. The fraction of sp³-hybridized carbons (Fsp3) is 0.364. The molecule has 1 N–H and O–H groups in total. The summed E-state index contributed by atoms with van der Waals surface area (Å²) in [5, 5.41) is 2.97. The maximum absolute atomic E-state index is 12.8. The van der Waals surface area contributed by atoms with E-state index in [0.29, 0.717) is 11.4 Å². The van der Waals surface area contributed by atoms with Gasteiger partial charge in [0, 0.05) is 11.6 Å². The molecule has 0 aromatic heterocycles. The highest BCUT2D eigenvalue weighted by Gasteiger charge is 2.63. The minimum atomic E-state index is -0.260. The smallest absolute Gasteiger partial charge is 0.310 e. The molecule has 2 aromatic carbocycles. The Morgan fingerprint density at radius 3 is 2.67 bits per heavy atom. The average molecular weight is 363 g/mol. The molecule has 1 amide bonds. The Balaban J connectivity index is 1.27. The van der Waals surface area contributed by atoms with Crippen LogP contribution in [0.1, 0.15) is 18.4 Å². The van der Waals surface area contributed by atoms with Crippen LogP contribution in [0.3, 0.4) is 0 Å². The van der Waals surface area contributed by atoms with Gasteiger partial charge < -0.3 is 14.8 Å². The molecular formula is C22H21NO4. The first-order valence-corrected chi connectivity index (χ1v) is 9.45. The number of aryl methyl sites for hydroxylation is 1. The molecule has 0 radical (unpaired) electrons. The van der Waals surface area contributed by atoms with Crippen molar-refractivity contribution in [2.45, 2.75) is 25.9 Å². The van der Waals surface area contributed by atoms with Crippen LogP contribution in [0.25, 0.3) is 0 Å². The van der Waals surface area contributed by atoms with Gasteiger partial charge in [0.15, 0.2) is 0 Å². The third-order valence-electron chi connectivity index (χ3n) is 6.23. The molecular weight excluding hydrogens is 342 g/mol. The van der Waals surface area contributed by atoms with E-state index in [1.807, 2.05) is 55.5 Å². The number of benzene rings is 2. The first-order valence-electron chi connectivity index (χ1n) is 9.45. The Morgan fingerprint density at radius 1 is 1.11 bits per heavy atom. The summed E-state index contributed by atoms with van der Waals surface area (Å²) in [6.07, 6.45) is 1.81. The molecule has 1 heterocycles. The second-order valence-electron chi connectivity index (χ2n) is 7.80. The highest BCUT2D eigenvalue weighted by atomic mass is 16.6. The summed E-state index contributed by atoms with van der Waals surface area (Å²) < 4.78 is 11.3. The second kappa shape index (κ2) is 6.12. The number of nitrogens with one attached hydrogen (secondary N) is 1. The molecule has 27 heavy (non-hydrogen) atoms. The summed E-state index contributed by atoms with van der Waals surface area (Å²) in [6.45, 7) is 2.00. The highest BCUT2D eigenvalue weighted by molar-refractivity contribution is 5.97. The topological polar surface area (TPSA) is 64.6 Å². The summed E-state index contributed by atoms with van der Waals surface area (Å²) in [5.74, 6) is 1.25. The molecule has 2 bridgehead atoms. The van der Waals surface area contributed by atoms with Crippen molar-refractivity contribution in [1.82, 2.24) is 0 Å². The lowest BCUT2D eigenvalue weighted by molar-refractivity contribution is -0.145. The van der Waals surface area contributed by atoms with Crippen molar-refractivity contribution in [3.8, 4) is 11.5 Å². The van der Waals surface area contributed by atoms with Crippen LogP contribution in [0.4, 0.5) is 5.69 Å². The number of ether oxygens (including phenoxy) is 2. The van der Waals surface area contributed by atoms with Gasteiger partial charge in [-0.05, 0) is 61.6 Å². The first-order chi connectivity index (χ1) is 13.1. The third-order valence-corrected chi connectivity index (χ3v) is 6.23. The number of carbonyl (C=O) groups is 2. The summed E-state index contributed by atoms with van der Waals surface area (Å²) in [7, 11) is 0. The molecule has 2 aromatic rings. The van der Waals surface area contributed by atoms with E-state index >= 15 is 0 Å². The van der Waals surface area contributed by atoms with Crippen molar-refractivity contribution in [3.63, 3.8) is 0 Å². The van der Waals surface area contributed by atoms with Crippen molar-refractivity contribution in [2.75, 3.05) is 5.32 Å². The number of fused-ring (bicyclic) bond motifs is 1. The minimum absolute atomic E-state index is 0.0504. The van der Waals surface area contributed by atoms with Gasteiger partial charge in [0.2, 0.25) is 5.91 Å². The number of anilines is 1. The van der Waals surface area contributed by atoms with Gasteiger partial charge in [-0.25, -0.2) is 0 Å². The molecule has 5 unspecified atom stereocenters. The summed E-state index contributed by atoms with van der Waals surface area (Å²) in [5.41, 5.74) is 1.77. The number of amides is 1. The summed E-state index contributed by atoms with van der Waals surface area (Å²) in [4.78, 5) is 24.9. The number of esters is 1. The van der Waals surface area contributed by atoms with Crippen LogP contribution in [0.15, 0.2) is 48.5 Å². The van der Waals surface area contributed by atoms with E-state index in [9.17, 15) is 9.59 Å².